The number of aryl methyl sites for hydroxylation is 1. The highest BCUT2D eigenvalue weighted by Crippen LogP contribution is 2.34. The molecule has 1 aromatic carbocycles. The predicted molar refractivity (Wildman–Crippen MR) is 77.1 cm³/mol. The van der Waals surface area contributed by atoms with Crippen LogP contribution in [0.3, 0.4) is 0 Å². The molecule has 2 N–H and O–H groups in total. The van der Waals surface area contributed by atoms with E-state index in [-0.39, 0.29) is 0 Å². The second-order valence-electron chi connectivity index (χ2n) is 5.12. The van der Waals surface area contributed by atoms with Gasteiger partial charge in [-0.25, -0.2) is 0 Å². The molecular formula is C14H17ClN4. The van der Waals surface area contributed by atoms with Crippen molar-refractivity contribution in [1.29, 1.82) is 0 Å². The first-order valence-electron chi connectivity index (χ1n) is 6.63. The van der Waals surface area contributed by atoms with Crippen molar-refractivity contribution in [3.8, 4) is 11.4 Å². The van der Waals surface area contributed by atoms with Crippen LogP contribution in [0.5, 0.6) is 0 Å². The summed E-state index contributed by atoms with van der Waals surface area (Å²) in [5, 5.41) is 9.12. The van der Waals surface area contributed by atoms with Gasteiger partial charge < -0.3 is 10.3 Å². The second kappa shape index (κ2) is 4.85. The highest BCUT2D eigenvalue weighted by molar-refractivity contribution is 6.33. The van der Waals surface area contributed by atoms with Gasteiger partial charge in [0.05, 0.1) is 10.7 Å². The Morgan fingerprint density at radius 2 is 2.00 bits per heavy atom. The van der Waals surface area contributed by atoms with E-state index in [2.05, 4.69) is 14.8 Å². The van der Waals surface area contributed by atoms with Gasteiger partial charge in [0, 0.05) is 11.6 Å². The standard InChI is InChI=1S/C14H17ClN4/c1-9-17-18-14(19(9)11-4-2-3-5-11)10-6-7-12(15)13(16)8-10/h6-8,11H,2-5,16H2,1H3. The summed E-state index contributed by atoms with van der Waals surface area (Å²) < 4.78 is 2.25. The summed E-state index contributed by atoms with van der Waals surface area (Å²) in [5.41, 5.74) is 7.44. The van der Waals surface area contributed by atoms with Crippen LogP contribution in [0.25, 0.3) is 11.4 Å². The summed E-state index contributed by atoms with van der Waals surface area (Å²) in [6.07, 6.45) is 4.97. The summed E-state index contributed by atoms with van der Waals surface area (Å²) in [5.74, 6) is 1.86. The molecule has 1 aromatic heterocycles. The molecule has 0 saturated heterocycles. The summed E-state index contributed by atoms with van der Waals surface area (Å²) in [4.78, 5) is 0. The molecule has 4 nitrogen and oxygen atoms in total. The van der Waals surface area contributed by atoms with Crippen LogP contribution in [0.1, 0.15) is 37.5 Å². The van der Waals surface area contributed by atoms with Crippen LogP contribution >= 0.6 is 11.6 Å². The maximum absolute atomic E-state index is 5.97. The maximum Gasteiger partial charge on any atom is 0.164 e. The smallest absolute Gasteiger partial charge is 0.164 e. The molecule has 1 aliphatic carbocycles. The van der Waals surface area contributed by atoms with Crippen LogP contribution in [-0.2, 0) is 0 Å². The van der Waals surface area contributed by atoms with E-state index < -0.39 is 0 Å². The second-order valence-corrected chi connectivity index (χ2v) is 5.52. The van der Waals surface area contributed by atoms with E-state index in [1.165, 1.54) is 25.7 Å². The predicted octanol–water partition coefficient (Wildman–Crippen LogP) is 3.60. The Kier molecular flexibility index (Phi) is 3.19. The van der Waals surface area contributed by atoms with Crippen LogP contribution in [0.4, 0.5) is 5.69 Å². The molecule has 0 aliphatic heterocycles. The Morgan fingerprint density at radius 1 is 1.26 bits per heavy atom. The zero-order valence-corrected chi connectivity index (χ0v) is 11.7. The van der Waals surface area contributed by atoms with Crippen LogP contribution in [0.2, 0.25) is 5.02 Å². The Bertz CT molecular complexity index is 599. The topological polar surface area (TPSA) is 56.7 Å². The van der Waals surface area contributed by atoms with Crippen LogP contribution in [0.15, 0.2) is 18.2 Å². The van der Waals surface area contributed by atoms with Crippen molar-refractivity contribution in [2.75, 3.05) is 5.73 Å². The minimum Gasteiger partial charge on any atom is -0.398 e. The van der Waals surface area contributed by atoms with Crippen molar-refractivity contribution in [2.24, 2.45) is 0 Å². The molecule has 0 atom stereocenters. The van der Waals surface area contributed by atoms with Crippen LogP contribution < -0.4 is 5.73 Å². The van der Waals surface area contributed by atoms with Gasteiger partial charge >= 0.3 is 0 Å². The first-order chi connectivity index (χ1) is 9.16. The van der Waals surface area contributed by atoms with Crippen LogP contribution in [-0.4, -0.2) is 14.8 Å². The van der Waals surface area contributed by atoms with E-state index >= 15 is 0 Å². The van der Waals surface area contributed by atoms with Gasteiger partial charge in [-0.15, -0.1) is 10.2 Å². The van der Waals surface area contributed by atoms with Crippen molar-refractivity contribution in [1.82, 2.24) is 14.8 Å². The average Bonchev–Trinajstić information content (AvgIpc) is 3.01. The minimum absolute atomic E-state index is 0.516. The number of nitrogens with two attached hydrogens (primary N) is 1. The lowest BCUT2D eigenvalue weighted by Gasteiger charge is -2.16. The van der Waals surface area contributed by atoms with E-state index in [4.69, 9.17) is 17.3 Å². The van der Waals surface area contributed by atoms with Gasteiger partial charge in [-0.1, -0.05) is 24.4 Å². The molecule has 100 valence electrons. The fourth-order valence-electron chi connectivity index (χ4n) is 2.85. The molecule has 1 fully saturated rings. The van der Waals surface area contributed by atoms with E-state index in [1.54, 1.807) is 0 Å². The number of anilines is 1. The maximum atomic E-state index is 5.97. The van der Waals surface area contributed by atoms with Gasteiger partial charge in [0.2, 0.25) is 0 Å². The fourth-order valence-corrected chi connectivity index (χ4v) is 2.97. The highest BCUT2D eigenvalue weighted by atomic mass is 35.5. The van der Waals surface area contributed by atoms with Gasteiger partial charge in [-0.2, -0.15) is 0 Å². The zero-order valence-electron chi connectivity index (χ0n) is 10.9. The molecule has 19 heavy (non-hydrogen) atoms. The van der Waals surface area contributed by atoms with E-state index in [9.17, 15) is 0 Å². The van der Waals surface area contributed by atoms with Gasteiger partial charge in [0.1, 0.15) is 5.82 Å². The van der Waals surface area contributed by atoms with Crippen molar-refractivity contribution >= 4 is 17.3 Å². The lowest BCUT2D eigenvalue weighted by Crippen LogP contribution is -2.08. The number of halogens is 1. The molecule has 1 heterocycles. The van der Waals surface area contributed by atoms with Crippen molar-refractivity contribution in [3.05, 3.63) is 29.0 Å². The molecule has 3 rings (SSSR count). The lowest BCUT2D eigenvalue weighted by molar-refractivity contribution is 0.510. The Hall–Kier alpha value is -1.55. The molecule has 1 saturated carbocycles. The monoisotopic (exact) mass is 276 g/mol. The fraction of sp³-hybridized carbons (Fsp3) is 0.429. The third-order valence-electron chi connectivity index (χ3n) is 3.81. The Morgan fingerprint density at radius 3 is 2.68 bits per heavy atom. The first kappa shape index (κ1) is 12.5. The molecule has 2 aromatic rings. The highest BCUT2D eigenvalue weighted by Gasteiger charge is 2.23. The number of rotatable bonds is 2. The molecule has 1 aliphatic rings. The molecule has 0 radical (unpaired) electrons. The summed E-state index contributed by atoms with van der Waals surface area (Å²) >= 11 is 5.97. The number of nitrogen functional groups attached to an aromatic ring is 1. The molecular weight excluding hydrogens is 260 g/mol. The summed E-state index contributed by atoms with van der Waals surface area (Å²) in [7, 11) is 0. The molecule has 0 unspecified atom stereocenters. The SMILES string of the molecule is Cc1nnc(-c2ccc(Cl)c(N)c2)n1C1CCCC1. The normalized spacial score (nSPS) is 16.1. The Balaban J connectivity index is 2.07. The van der Waals surface area contributed by atoms with Gasteiger partial charge in [-0.05, 0) is 38.0 Å². The van der Waals surface area contributed by atoms with Crippen molar-refractivity contribution < 1.29 is 0 Å². The summed E-state index contributed by atoms with van der Waals surface area (Å²) in [6, 6.07) is 6.15. The number of hydrogen-bond acceptors (Lipinski definition) is 3. The number of hydrogen-bond donors (Lipinski definition) is 1. The largest absolute Gasteiger partial charge is 0.398 e. The molecule has 5 heteroatoms. The minimum atomic E-state index is 0.516. The molecule has 0 bridgehead atoms. The van der Waals surface area contributed by atoms with Crippen molar-refractivity contribution in [2.45, 2.75) is 38.6 Å². The van der Waals surface area contributed by atoms with Crippen molar-refractivity contribution in [3.63, 3.8) is 0 Å². The lowest BCUT2D eigenvalue weighted by atomic mass is 10.1. The van der Waals surface area contributed by atoms with Gasteiger partial charge in [0.25, 0.3) is 0 Å². The van der Waals surface area contributed by atoms with E-state index in [0.29, 0.717) is 16.8 Å². The third-order valence-corrected chi connectivity index (χ3v) is 4.15. The zero-order chi connectivity index (χ0) is 13.4. The van der Waals surface area contributed by atoms with Gasteiger partial charge in [-0.3, -0.25) is 0 Å². The number of aromatic nitrogens is 3. The first-order valence-corrected chi connectivity index (χ1v) is 7.01. The van der Waals surface area contributed by atoms with Gasteiger partial charge in [0.15, 0.2) is 5.82 Å². The summed E-state index contributed by atoms with van der Waals surface area (Å²) in [6.45, 7) is 2.01. The third kappa shape index (κ3) is 2.21. The number of benzene rings is 1. The van der Waals surface area contributed by atoms with E-state index in [0.717, 1.165) is 17.2 Å². The molecule has 0 spiro atoms. The van der Waals surface area contributed by atoms with Crippen LogP contribution in [0, 0.1) is 6.92 Å². The molecule has 0 amide bonds. The van der Waals surface area contributed by atoms with E-state index in [1.807, 2.05) is 25.1 Å². The Labute approximate surface area is 117 Å². The quantitative estimate of drug-likeness (QED) is 0.853. The number of nitrogens with zero attached hydrogens (tertiary/aromatic N) is 3. The average molecular weight is 277 g/mol.